The second-order valence-electron chi connectivity index (χ2n) is 8.81. The molecule has 1 unspecified atom stereocenters. The summed E-state index contributed by atoms with van der Waals surface area (Å²) in [5.74, 6) is -0.767. The maximum atomic E-state index is 13.4. The Balaban J connectivity index is 1.33. The molecule has 1 atom stereocenters. The molecule has 0 saturated carbocycles. The van der Waals surface area contributed by atoms with E-state index in [0.29, 0.717) is 26.2 Å². The van der Waals surface area contributed by atoms with E-state index in [1.54, 1.807) is 17.1 Å². The largest absolute Gasteiger partial charge is 0.347 e. The molecule has 3 aliphatic heterocycles. The zero-order chi connectivity index (χ0) is 22.1. The molecule has 5 rings (SSSR count). The maximum absolute atomic E-state index is 13.4. The van der Waals surface area contributed by atoms with Gasteiger partial charge in [0.15, 0.2) is 5.79 Å². The molecule has 2 fully saturated rings. The van der Waals surface area contributed by atoms with Crippen molar-refractivity contribution in [3.05, 3.63) is 71.0 Å². The topological polar surface area (TPSA) is 54.4 Å². The lowest BCUT2D eigenvalue weighted by Gasteiger charge is -2.37. The summed E-state index contributed by atoms with van der Waals surface area (Å²) in [6.45, 7) is 5.14. The summed E-state index contributed by atoms with van der Waals surface area (Å²) in [7, 11) is 0. The number of carbonyl (C=O) groups is 1. The van der Waals surface area contributed by atoms with Crippen LogP contribution in [0.5, 0.6) is 0 Å². The highest BCUT2D eigenvalue weighted by molar-refractivity contribution is 6.03. The minimum atomic E-state index is -0.453. The van der Waals surface area contributed by atoms with Gasteiger partial charge in [0, 0.05) is 32.4 Å². The Kier molecular flexibility index (Phi) is 5.80. The summed E-state index contributed by atoms with van der Waals surface area (Å²) < 4.78 is 25.0. The normalized spacial score (nSPS) is 23.0. The lowest BCUT2D eigenvalue weighted by molar-refractivity contribution is -0.186. The Labute approximate surface area is 187 Å². The lowest BCUT2D eigenvalue weighted by Crippen LogP contribution is -2.48. The molecule has 0 bridgehead atoms. The highest BCUT2D eigenvalue weighted by atomic mass is 19.1. The number of rotatable bonds is 4. The van der Waals surface area contributed by atoms with Gasteiger partial charge in [-0.3, -0.25) is 9.69 Å². The number of likely N-dealkylation sites (tertiary alicyclic amines) is 1. The number of ether oxygens (including phenoxy) is 2. The van der Waals surface area contributed by atoms with E-state index in [0.717, 1.165) is 42.8 Å². The Morgan fingerprint density at radius 2 is 1.72 bits per heavy atom. The zero-order valence-corrected chi connectivity index (χ0v) is 18.3. The highest BCUT2D eigenvalue weighted by Gasteiger charge is 2.41. The first-order valence-electron chi connectivity index (χ1n) is 11.2. The minimum absolute atomic E-state index is 0.0307. The first kappa shape index (κ1) is 21.2. The van der Waals surface area contributed by atoms with Crippen LogP contribution in [0.25, 0.3) is 0 Å². The van der Waals surface area contributed by atoms with E-state index in [1.807, 2.05) is 6.92 Å². The average Bonchev–Trinajstić information content (AvgIpc) is 3.45. The molecule has 6 nitrogen and oxygen atoms in total. The van der Waals surface area contributed by atoms with E-state index in [2.05, 4.69) is 29.2 Å². The van der Waals surface area contributed by atoms with Crippen molar-refractivity contribution in [2.75, 3.05) is 32.8 Å². The van der Waals surface area contributed by atoms with Crippen LogP contribution in [-0.2, 0) is 14.3 Å². The molecule has 3 aliphatic rings. The first-order chi connectivity index (χ1) is 15.5. The van der Waals surface area contributed by atoms with Crippen LogP contribution < -0.4 is 0 Å². The van der Waals surface area contributed by atoms with Crippen molar-refractivity contribution in [1.29, 1.82) is 0 Å². The van der Waals surface area contributed by atoms with E-state index in [1.165, 1.54) is 17.7 Å². The van der Waals surface area contributed by atoms with Crippen LogP contribution in [0.3, 0.4) is 0 Å². The maximum Gasteiger partial charge on any atom is 0.257 e. The van der Waals surface area contributed by atoms with Crippen molar-refractivity contribution in [2.45, 2.75) is 38.0 Å². The molecule has 168 valence electrons. The number of aryl methyl sites for hydroxylation is 1. The van der Waals surface area contributed by atoms with Gasteiger partial charge in [0.2, 0.25) is 0 Å². The van der Waals surface area contributed by atoms with Crippen LogP contribution in [0.4, 0.5) is 4.39 Å². The predicted molar refractivity (Wildman–Crippen MR) is 119 cm³/mol. The number of hydrazone groups is 1. The van der Waals surface area contributed by atoms with E-state index >= 15 is 0 Å². The molecule has 7 heteroatoms. The minimum Gasteiger partial charge on any atom is -0.347 e. The summed E-state index contributed by atoms with van der Waals surface area (Å²) in [4.78, 5) is 15.5. The number of nitrogens with zero attached hydrogens (tertiary/aromatic N) is 3. The Bertz CT molecular complexity index is 990. The van der Waals surface area contributed by atoms with Crippen LogP contribution in [0.2, 0.25) is 0 Å². The Hall–Kier alpha value is -2.61. The van der Waals surface area contributed by atoms with E-state index in [4.69, 9.17) is 14.6 Å². The van der Waals surface area contributed by atoms with Crippen molar-refractivity contribution in [2.24, 2.45) is 5.10 Å². The summed E-state index contributed by atoms with van der Waals surface area (Å²) >= 11 is 0. The molecular weight excluding hydrogens is 409 g/mol. The van der Waals surface area contributed by atoms with E-state index < -0.39 is 5.79 Å². The molecule has 32 heavy (non-hydrogen) atoms. The van der Waals surface area contributed by atoms with Gasteiger partial charge in [-0.15, -0.1) is 0 Å². The van der Waals surface area contributed by atoms with Crippen molar-refractivity contribution in [3.63, 3.8) is 0 Å². The van der Waals surface area contributed by atoms with Crippen molar-refractivity contribution >= 4 is 11.6 Å². The summed E-state index contributed by atoms with van der Waals surface area (Å²) in [6, 6.07) is 14.4. The van der Waals surface area contributed by atoms with Crippen LogP contribution in [0.1, 0.15) is 42.0 Å². The molecular formula is C25H28FN3O3. The van der Waals surface area contributed by atoms with Gasteiger partial charge in [0.1, 0.15) is 5.82 Å². The smallest absolute Gasteiger partial charge is 0.257 e. The molecule has 1 spiro atoms. The van der Waals surface area contributed by atoms with E-state index in [9.17, 15) is 9.18 Å². The van der Waals surface area contributed by atoms with Crippen LogP contribution in [0, 0.1) is 12.7 Å². The van der Waals surface area contributed by atoms with Crippen molar-refractivity contribution in [1.82, 2.24) is 9.91 Å². The van der Waals surface area contributed by atoms with Gasteiger partial charge in [-0.05, 0) is 30.2 Å². The van der Waals surface area contributed by atoms with Gasteiger partial charge in [0.05, 0.1) is 31.5 Å². The monoisotopic (exact) mass is 437 g/mol. The number of hydrogen-bond donors (Lipinski definition) is 0. The summed E-state index contributed by atoms with van der Waals surface area (Å²) in [5, 5.41) is 6.33. The molecule has 3 heterocycles. The molecule has 0 aliphatic carbocycles. The number of carbonyl (C=O) groups excluding carboxylic acids is 1. The third-order valence-electron chi connectivity index (χ3n) is 6.60. The van der Waals surface area contributed by atoms with Crippen LogP contribution in [0.15, 0.2) is 53.6 Å². The van der Waals surface area contributed by atoms with Gasteiger partial charge in [0.25, 0.3) is 5.91 Å². The van der Waals surface area contributed by atoms with Gasteiger partial charge in [-0.2, -0.15) is 5.10 Å². The number of benzene rings is 2. The summed E-state index contributed by atoms with van der Waals surface area (Å²) in [5.41, 5.74) is 3.86. The zero-order valence-electron chi connectivity index (χ0n) is 18.3. The molecule has 2 aromatic rings. The fourth-order valence-electron chi connectivity index (χ4n) is 4.71. The molecule has 1 amide bonds. The van der Waals surface area contributed by atoms with Crippen LogP contribution >= 0.6 is 0 Å². The van der Waals surface area contributed by atoms with Crippen LogP contribution in [-0.4, -0.2) is 60.2 Å². The van der Waals surface area contributed by atoms with E-state index in [-0.39, 0.29) is 17.8 Å². The van der Waals surface area contributed by atoms with Crippen molar-refractivity contribution < 1.29 is 18.7 Å². The number of amides is 1. The molecule has 0 aromatic heterocycles. The first-order valence-corrected chi connectivity index (χ1v) is 11.2. The molecule has 2 aromatic carbocycles. The van der Waals surface area contributed by atoms with Gasteiger partial charge in [-0.1, -0.05) is 42.0 Å². The molecule has 2 saturated heterocycles. The third-order valence-corrected chi connectivity index (χ3v) is 6.60. The lowest BCUT2D eigenvalue weighted by atomic mass is 9.97. The Morgan fingerprint density at radius 3 is 2.38 bits per heavy atom. The van der Waals surface area contributed by atoms with Gasteiger partial charge < -0.3 is 9.47 Å². The molecule has 0 radical (unpaired) electrons. The number of halogens is 1. The number of hydrogen-bond acceptors (Lipinski definition) is 5. The number of piperidine rings is 1. The SMILES string of the molecule is Cc1ccc(C2CC(c3ccc(F)cc3)=NN2C(=O)CN2CCC3(CC2)OCCO3)cc1. The molecule has 0 N–H and O–H groups in total. The van der Waals surface area contributed by atoms with Crippen molar-refractivity contribution in [3.8, 4) is 0 Å². The van der Waals surface area contributed by atoms with Gasteiger partial charge in [-0.25, -0.2) is 9.40 Å². The Morgan fingerprint density at radius 1 is 1.06 bits per heavy atom. The highest BCUT2D eigenvalue weighted by Crippen LogP contribution is 2.34. The second-order valence-corrected chi connectivity index (χ2v) is 8.81. The average molecular weight is 438 g/mol. The quantitative estimate of drug-likeness (QED) is 0.733. The standard InChI is InChI=1S/C25H28FN3O3/c1-18-2-4-20(5-3-18)23-16-22(19-6-8-21(26)9-7-19)27-29(23)24(30)17-28-12-10-25(11-13-28)31-14-15-32-25/h2-9,23H,10-17H2,1H3. The fourth-order valence-corrected chi connectivity index (χ4v) is 4.71. The predicted octanol–water partition coefficient (Wildman–Crippen LogP) is 3.65. The van der Waals surface area contributed by atoms with Gasteiger partial charge >= 0.3 is 0 Å². The second kappa shape index (κ2) is 8.73. The fraction of sp³-hybridized carbons (Fsp3) is 0.440. The summed E-state index contributed by atoms with van der Waals surface area (Å²) in [6.07, 6.45) is 2.14. The third kappa shape index (κ3) is 4.33.